The molecule has 0 aliphatic heterocycles. The Kier molecular flexibility index (Phi) is 4.44. The standard InChI is InChI=1S/C14H16F3N3/c1-3-18-13(14-19-5-6-20(14)4-2)12-10(16)7-9(15)8-11(12)17/h5-8,13,18H,3-4H2,1-2H3. The van der Waals surface area contributed by atoms with E-state index in [0.717, 1.165) is 0 Å². The Morgan fingerprint density at radius 3 is 2.40 bits per heavy atom. The number of aromatic nitrogens is 2. The predicted molar refractivity (Wildman–Crippen MR) is 69.7 cm³/mol. The van der Waals surface area contributed by atoms with Crippen LogP contribution in [0.2, 0.25) is 0 Å². The van der Waals surface area contributed by atoms with Crippen molar-refractivity contribution >= 4 is 0 Å². The minimum Gasteiger partial charge on any atom is -0.334 e. The minimum atomic E-state index is -0.933. The molecule has 1 atom stereocenters. The van der Waals surface area contributed by atoms with Crippen molar-refractivity contribution < 1.29 is 13.2 Å². The number of hydrogen-bond donors (Lipinski definition) is 1. The summed E-state index contributed by atoms with van der Waals surface area (Å²) >= 11 is 0. The van der Waals surface area contributed by atoms with Crippen molar-refractivity contribution in [1.29, 1.82) is 0 Å². The van der Waals surface area contributed by atoms with Gasteiger partial charge in [-0.1, -0.05) is 6.92 Å². The average molecular weight is 283 g/mol. The summed E-state index contributed by atoms with van der Waals surface area (Å²) in [6.45, 7) is 4.86. The monoisotopic (exact) mass is 283 g/mol. The van der Waals surface area contributed by atoms with E-state index in [1.165, 1.54) is 0 Å². The van der Waals surface area contributed by atoms with Gasteiger partial charge in [-0.25, -0.2) is 18.2 Å². The lowest BCUT2D eigenvalue weighted by molar-refractivity contribution is 0.474. The van der Waals surface area contributed by atoms with Crippen molar-refractivity contribution in [2.24, 2.45) is 0 Å². The molecule has 0 radical (unpaired) electrons. The molecule has 1 unspecified atom stereocenters. The number of rotatable bonds is 5. The molecule has 0 saturated carbocycles. The molecule has 1 N–H and O–H groups in total. The Morgan fingerprint density at radius 2 is 1.85 bits per heavy atom. The number of hydrogen-bond acceptors (Lipinski definition) is 2. The van der Waals surface area contributed by atoms with Gasteiger partial charge in [0.2, 0.25) is 0 Å². The van der Waals surface area contributed by atoms with Crippen LogP contribution >= 0.6 is 0 Å². The van der Waals surface area contributed by atoms with Crippen LogP contribution in [0, 0.1) is 17.5 Å². The Labute approximate surface area is 115 Å². The Hall–Kier alpha value is -1.82. The van der Waals surface area contributed by atoms with Gasteiger partial charge in [0.05, 0.1) is 6.04 Å². The van der Waals surface area contributed by atoms with Gasteiger partial charge in [0, 0.05) is 36.6 Å². The van der Waals surface area contributed by atoms with E-state index >= 15 is 0 Å². The van der Waals surface area contributed by atoms with E-state index in [1.54, 1.807) is 17.0 Å². The molecule has 0 saturated heterocycles. The molecule has 0 bridgehead atoms. The third-order valence-electron chi connectivity index (χ3n) is 3.09. The first-order valence-electron chi connectivity index (χ1n) is 6.47. The molecule has 6 heteroatoms. The number of aryl methyl sites for hydroxylation is 1. The van der Waals surface area contributed by atoms with Crippen molar-refractivity contribution in [3.8, 4) is 0 Å². The van der Waals surface area contributed by atoms with Gasteiger partial charge in [-0.05, 0) is 13.5 Å². The number of nitrogens with zero attached hydrogens (tertiary/aromatic N) is 2. The van der Waals surface area contributed by atoms with Gasteiger partial charge < -0.3 is 9.88 Å². The van der Waals surface area contributed by atoms with Crippen molar-refractivity contribution in [2.75, 3.05) is 6.54 Å². The normalized spacial score (nSPS) is 12.7. The van der Waals surface area contributed by atoms with E-state index in [4.69, 9.17) is 0 Å². The summed E-state index contributed by atoms with van der Waals surface area (Å²) in [5, 5.41) is 2.99. The Balaban J connectivity index is 2.54. The van der Waals surface area contributed by atoms with E-state index in [0.29, 0.717) is 31.0 Å². The van der Waals surface area contributed by atoms with Crippen LogP contribution in [0.3, 0.4) is 0 Å². The molecule has 0 aliphatic carbocycles. The van der Waals surface area contributed by atoms with Crippen molar-refractivity contribution in [2.45, 2.75) is 26.4 Å². The molecule has 0 fully saturated rings. The van der Waals surface area contributed by atoms with E-state index < -0.39 is 23.5 Å². The van der Waals surface area contributed by atoms with Crippen LogP contribution in [0.4, 0.5) is 13.2 Å². The van der Waals surface area contributed by atoms with Crippen LogP contribution in [0.1, 0.15) is 31.3 Å². The fourth-order valence-corrected chi connectivity index (χ4v) is 2.20. The van der Waals surface area contributed by atoms with Gasteiger partial charge in [0.15, 0.2) is 0 Å². The Bertz CT molecular complexity index is 572. The summed E-state index contributed by atoms with van der Waals surface area (Å²) in [5.41, 5.74) is -0.214. The quantitative estimate of drug-likeness (QED) is 0.914. The van der Waals surface area contributed by atoms with Crippen molar-refractivity contribution in [1.82, 2.24) is 14.9 Å². The highest BCUT2D eigenvalue weighted by Gasteiger charge is 2.25. The fourth-order valence-electron chi connectivity index (χ4n) is 2.20. The Morgan fingerprint density at radius 1 is 1.20 bits per heavy atom. The molecule has 2 aromatic rings. The first-order valence-corrected chi connectivity index (χ1v) is 6.47. The second kappa shape index (κ2) is 6.09. The SMILES string of the molecule is CCNC(c1c(F)cc(F)cc1F)c1nccn1CC. The summed E-state index contributed by atoms with van der Waals surface area (Å²) in [5.74, 6) is -2.27. The predicted octanol–water partition coefficient (Wildman–Crippen LogP) is 3.02. The van der Waals surface area contributed by atoms with E-state index in [9.17, 15) is 13.2 Å². The first kappa shape index (κ1) is 14.6. The molecule has 20 heavy (non-hydrogen) atoms. The van der Waals surface area contributed by atoms with Gasteiger partial charge in [0.1, 0.15) is 23.3 Å². The maximum absolute atomic E-state index is 14.0. The molecule has 0 amide bonds. The summed E-state index contributed by atoms with van der Waals surface area (Å²) < 4.78 is 42.7. The van der Waals surface area contributed by atoms with E-state index in [2.05, 4.69) is 10.3 Å². The van der Waals surface area contributed by atoms with Gasteiger partial charge in [0.25, 0.3) is 0 Å². The van der Waals surface area contributed by atoms with Gasteiger partial charge in [-0.15, -0.1) is 0 Å². The first-order chi connectivity index (χ1) is 9.58. The summed E-state index contributed by atoms with van der Waals surface area (Å²) in [6.07, 6.45) is 3.31. The zero-order valence-corrected chi connectivity index (χ0v) is 11.3. The third kappa shape index (κ3) is 2.70. The lowest BCUT2D eigenvalue weighted by Gasteiger charge is -2.20. The van der Waals surface area contributed by atoms with Crippen molar-refractivity contribution in [3.05, 3.63) is 53.4 Å². The summed E-state index contributed by atoms with van der Waals surface area (Å²) in [4.78, 5) is 4.16. The number of halogens is 3. The molecular formula is C14H16F3N3. The van der Waals surface area contributed by atoms with E-state index in [1.807, 2.05) is 13.8 Å². The summed E-state index contributed by atoms with van der Waals surface area (Å²) in [6, 6.07) is 0.611. The van der Waals surface area contributed by atoms with Crippen LogP contribution < -0.4 is 5.32 Å². The zero-order valence-electron chi connectivity index (χ0n) is 11.3. The largest absolute Gasteiger partial charge is 0.334 e. The number of nitrogens with one attached hydrogen (secondary N) is 1. The molecule has 2 rings (SSSR count). The molecule has 0 spiro atoms. The van der Waals surface area contributed by atoms with Crippen LogP contribution in [-0.4, -0.2) is 16.1 Å². The smallest absolute Gasteiger partial charge is 0.134 e. The van der Waals surface area contributed by atoms with E-state index in [-0.39, 0.29) is 5.56 Å². The molecule has 108 valence electrons. The highest BCUT2D eigenvalue weighted by molar-refractivity contribution is 5.29. The molecule has 1 heterocycles. The van der Waals surface area contributed by atoms with Gasteiger partial charge >= 0.3 is 0 Å². The number of imidazole rings is 1. The topological polar surface area (TPSA) is 29.9 Å². The zero-order chi connectivity index (χ0) is 14.7. The highest BCUT2D eigenvalue weighted by atomic mass is 19.1. The molecular weight excluding hydrogens is 267 g/mol. The second-order valence-electron chi connectivity index (χ2n) is 4.35. The van der Waals surface area contributed by atoms with Crippen LogP contribution in [0.15, 0.2) is 24.5 Å². The minimum absolute atomic E-state index is 0.214. The fraction of sp³-hybridized carbons (Fsp3) is 0.357. The second-order valence-corrected chi connectivity index (χ2v) is 4.35. The molecule has 1 aromatic heterocycles. The summed E-state index contributed by atoms with van der Waals surface area (Å²) in [7, 11) is 0. The maximum Gasteiger partial charge on any atom is 0.134 e. The van der Waals surface area contributed by atoms with Crippen LogP contribution in [-0.2, 0) is 6.54 Å². The van der Waals surface area contributed by atoms with Crippen LogP contribution in [0.25, 0.3) is 0 Å². The average Bonchev–Trinajstić information content (AvgIpc) is 2.84. The third-order valence-corrected chi connectivity index (χ3v) is 3.09. The molecule has 1 aromatic carbocycles. The van der Waals surface area contributed by atoms with Gasteiger partial charge in [-0.2, -0.15) is 0 Å². The van der Waals surface area contributed by atoms with Crippen LogP contribution in [0.5, 0.6) is 0 Å². The molecule has 0 aliphatic rings. The van der Waals surface area contributed by atoms with Crippen molar-refractivity contribution in [3.63, 3.8) is 0 Å². The lowest BCUT2D eigenvalue weighted by atomic mass is 10.0. The lowest BCUT2D eigenvalue weighted by Crippen LogP contribution is -2.27. The number of benzene rings is 1. The van der Waals surface area contributed by atoms with Gasteiger partial charge in [-0.3, -0.25) is 0 Å². The maximum atomic E-state index is 14.0. The molecule has 3 nitrogen and oxygen atoms in total. The highest BCUT2D eigenvalue weighted by Crippen LogP contribution is 2.27.